The van der Waals surface area contributed by atoms with Crippen LogP contribution in [0.2, 0.25) is 0 Å². The van der Waals surface area contributed by atoms with Crippen LogP contribution in [0.15, 0.2) is 24.3 Å². The van der Waals surface area contributed by atoms with Crippen LogP contribution in [0.3, 0.4) is 0 Å². The number of hydrogen-bond donors (Lipinski definition) is 1. The number of anilines is 1. The highest BCUT2D eigenvalue weighted by molar-refractivity contribution is 5.48. The number of ether oxygens (including phenoxy) is 1. The van der Waals surface area contributed by atoms with Crippen molar-refractivity contribution in [2.45, 2.75) is 58.4 Å². The van der Waals surface area contributed by atoms with E-state index in [-0.39, 0.29) is 0 Å². The van der Waals surface area contributed by atoms with E-state index in [1.54, 1.807) is 0 Å². The second-order valence-electron chi connectivity index (χ2n) is 5.76. The molecule has 1 heterocycles. The Bertz CT molecular complexity index is 388. The van der Waals surface area contributed by atoms with Gasteiger partial charge in [-0.3, -0.25) is 0 Å². The lowest BCUT2D eigenvalue weighted by Gasteiger charge is -2.31. The molecule has 19 heavy (non-hydrogen) atoms. The molecule has 1 aromatic carbocycles. The Morgan fingerprint density at radius 3 is 2.42 bits per heavy atom. The Labute approximate surface area is 116 Å². The average Bonchev–Trinajstić information content (AvgIpc) is 2.81. The van der Waals surface area contributed by atoms with Crippen LogP contribution < -0.4 is 10.6 Å². The van der Waals surface area contributed by atoms with Crippen molar-refractivity contribution in [1.82, 2.24) is 0 Å². The molecule has 1 fully saturated rings. The van der Waals surface area contributed by atoms with Gasteiger partial charge in [-0.1, -0.05) is 12.1 Å². The van der Waals surface area contributed by atoms with Crippen LogP contribution >= 0.6 is 0 Å². The first-order valence-corrected chi connectivity index (χ1v) is 7.31. The van der Waals surface area contributed by atoms with E-state index in [1.165, 1.54) is 24.1 Å². The zero-order valence-corrected chi connectivity index (χ0v) is 12.3. The van der Waals surface area contributed by atoms with Crippen LogP contribution in [0.4, 0.5) is 5.69 Å². The summed E-state index contributed by atoms with van der Waals surface area (Å²) in [5.41, 5.74) is 8.09. The quantitative estimate of drug-likeness (QED) is 0.886. The van der Waals surface area contributed by atoms with Gasteiger partial charge in [0, 0.05) is 24.8 Å². The van der Waals surface area contributed by atoms with Gasteiger partial charge in [-0.2, -0.15) is 0 Å². The van der Waals surface area contributed by atoms with Gasteiger partial charge in [0.1, 0.15) is 0 Å². The number of nitrogens with two attached hydrogens (primary N) is 1. The first-order valence-electron chi connectivity index (χ1n) is 7.31. The second-order valence-corrected chi connectivity index (χ2v) is 5.76. The topological polar surface area (TPSA) is 38.5 Å². The van der Waals surface area contributed by atoms with E-state index < -0.39 is 0 Å². The molecule has 0 bridgehead atoms. The minimum atomic E-state index is 0.367. The summed E-state index contributed by atoms with van der Waals surface area (Å²) in [6, 6.07) is 9.04. The van der Waals surface area contributed by atoms with Crippen LogP contribution in [-0.4, -0.2) is 24.8 Å². The fraction of sp³-hybridized carbons (Fsp3) is 0.625. The monoisotopic (exact) mass is 262 g/mol. The lowest BCUT2D eigenvalue weighted by Crippen LogP contribution is -2.37. The van der Waals surface area contributed by atoms with E-state index >= 15 is 0 Å². The minimum absolute atomic E-state index is 0.367. The van der Waals surface area contributed by atoms with Crippen molar-refractivity contribution in [2.75, 3.05) is 11.4 Å². The third kappa shape index (κ3) is 3.71. The molecule has 3 nitrogen and oxygen atoms in total. The smallest absolute Gasteiger partial charge is 0.0754 e. The molecule has 1 aliphatic rings. The van der Waals surface area contributed by atoms with Gasteiger partial charge in [0.25, 0.3) is 0 Å². The highest BCUT2D eigenvalue weighted by Gasteiger charge is 2.25. The van der Waals surface area contributed by atoms with Crippen molar-refractivity contribution >= 4 is 5.69 Å². The summed E-state index contributed by atoms with van der Waals surface area (Å²) >= 11 is 0. The molecule has 0 amide bonds. The number of hydrogen-bond acceptors (Lipinski definition) is 3. The molecule has 1 aliphatic heterocycles. The number of rotatable bonds is 5. The maximum atomic E-state index is 5.95. The first-order chi connectivity index (χ1) is 9.10. The van der Waals surface area contributed by atoms with Crippen molar-refractivity contribution in [3.63, 3.8) is 0 Å². The SMILES string of the molecule is CC1CCC(CN(c2ccc(CN)cc2)C(C)C)O1. The summed E-state index contributed by atoms with van der Waals surface area (Å²) in [5.74, 6) is 0. The zero-order valence-electron chi connectivity index (χ0n) is 12.3. The third-order valence-corrected chi connectivity index (χ3v) is 3.85. The van der Waals surface area contributed by atoms with Crippen LogP contribution in [0, 0.1) is 0 Å². The summed E-state index contributed by atoms with van der Waals surface area (Å²) in [6.45, 7) is 8.20. The summed E-state index contributed by atoms with van der Waals surface area (Å²) in [5, 5.41) is 0. The van der Waals surface area contributed by atoms with Crippen molar-refractivity contribution in [3.05, 3.63) is 29.8 Å². The maximum Gasteiger partial charge on any atom is 0.0754 e. The van der Waals surface area contributed by atoms with Crippen molar-refractivity contribution in [3.8, 4) is 0 Å². The Kier molecular flexibility index (Phi) is 4.83. The summed E-state index contributed by atoms with van der Waals surface area (Å²) < 4.78 is 5.95. The molecule has 3 heteroatoms. The van der Waals surface area contributed by atoms with Crippen molar-refractivity contribution in [2.24, 2.45) is 5.73 Å². The largest absolute Gasteiger partial charge is 0.373 e. The highest BCUT2D eigenvalue weighted by Crippen LogP contribution is 2.24. The van der Waals surface area contributed by atoms with Crippen LogP contribution in [-0.2, 0) is 11.3 Å². The number of benzene rings is 1. The fourth-order valence-corrected chi connectivity index (χ4v) is 2.68. The maximum absolute atomic E-state index is 5.95. The molecule has 0 spiro atoms. The molecular formula is C16H26N2O. The van der Waals surface area contributed by atoms with Gasteiger partial charge >= 0.3 is 0 Å². The van der Waals surface area contributed by atoms with Gasteiger partial charge in [-0.25, -0.2) is 0 Å². The molecule has 1 saturated heterocycles. The van der Waals surface area contributed by atoms with Gasteiger partial charge in [0.2, 0.25) is 0 Å². The van der Waals surface area contributed by atoms with Gasteiger partial charge in [-0.15, -0.1) is 0 Å². The Morgan fingerprint density at radius 2 is 1.95 bits per heavy atom. The molecule has 2 unspecified atom stereocenters. The van der Waals surface area contributed by atoms with Crippen molar-refractivity contribution in [1.29, 1.82) is 0 Å². The molecule has 2 N–H and O–H groups in total. The van der Waals surface area contributed by atoms with Crippen LogP contribution in [0.5, 0.6) is 0 Å². The predicted octanol–water partition coefficient (Wildman–Crippen LogP) is 2.93. The van der Waals surface area contributed by atoms with Gasteiger partial charge in [0.05, 0.1) is 12.2 Å². The minimum Gasteiger partial charge on any atom is -0.373 e. The van der Waals surface area contributed by atoms with E-state index in [0.717, 1.165) is 6.54 Å². The average molecular weight is 262 g/mol. The zero-order chi connectivity index (χ0) is 13.8. The van der Waals surface area contributed by atoms with E-state index in [2.05, 4.69) is 49.9 Å². The molecule has 0 aromatic heterocycles. The highest BCUT2D eigenvalue weighted by atomic mass is 16.5. The molecule has 0 aliphatic carbocycles. The molecule has 0 radical (unpaired) electrons. The molecule has 1 aromatic rings. The van der Waals surface area contributed by atoms with E-state index in [1.807, 2.05) is 0 Å². The lowest BCUT2D eigenvalue weighted by molar-refractivity contribution is 0.0593. The lowest BCUT2D eigenvalue weighted by atomic mass is 10.1. The van der Waals surface area contributed by atoms with Gasteiger partial charge in [0.15, 0.2) is 0 Å². The molecule has 106 valence electrons. The standard InChI is InChI=1S/C16H26N2O/c1-12(2)18(11-16-9-4-13(3)19-16)15-7-5-14(10-17)6-8-15/h5-8,12-13,16H,4,9-11,17H2,1-3H3. The van der Waals surface area contributed by atoms with Gasteiger partial charge < -0.3 is 15.4 Å². The van der Waals surface area contributed by atoms with E-state index in [9.17, 15) is 0 Å². The molecule has 2 atom stereocenters. The predicted molar refractivity (Wildman–Crippen MR) is 80.4 cm³/mol. The van der Waals surface area contributed by atoms with Crippen LogP contribution in [0.1, 0.15) is 39.2 Å². The normalized spacial score (nSPS) is 23.0. The summed E-state index contributed by atoms with van der Waals surface area (Å²) in [7, 11) is 0. The van der Waals surface area contributed by atoms with Crippen LogP contribution in [0.25, 0.3) is 0 Å². The summed E-state index contributed by atoms with van der Waals surface area (Å²) in [4.78, 5) is 2.42. The second kappa shape index (κ2) is 6.40. The first kappa shape index (κ1) is 14.4. The van der Waals surface area contributed by atoms with Gasteiger partial charge in [-0.05, 0) is 51.3 Å². The van der Waals surface area contributed by atoms with E-state index in [4.69, 9.17) is 10.5 Å². The van der Waals surface area contributed by atoms with Crippen molar-refractivity contribution < 1.29 is 4.74 Å². The number of nitrogens with zero attached hydrogens (tertiary/aromatic N) is 1. The molecule has 0 saturated carbocycles. The Balaban J connectivity index is 2.06. The molecular weight excluding hydrogens is 236 g/mol. The van der Waals surface area contributed by atoms with E-state index in [0.29, 0.717) is 24.8 Å². The fourth-order valence-electron chi connectivity index (χ4n) is 2.68. The Hall–Kier alpha value is -1.06. The summed E-state index contributed by atoms with van der Waals surface area (Å²) in [6.07, 6.45) is 3.14. The Morgan fingerprint density at radius 1 is 1.26 bits per heavy atom. The molecule has 2 rings (SSSR count). The third-order valence-electron chi connectivity index (χ3n) is 3.85.